The predicted octanol–water partition coefficient (Wildman–Crippen LogP) is 5.50. The van der Waals surface area contributed by atoms with Crippen molar-refractivity contribution in [2.45, 2.75) is 17.3 Å². The van der Waals surface area contributed by atoms with E-state index in [1.165, 1.54) is 23.9 Å². The summed E-state index contributed by atoms with van der Waals surface area (Å²) in [6.07, 6.45) is 0.782. The second-order valence-corrected chi connectivity index (χ2v) is 8.39. The van der Waals surface area contributed by atoms with E-state index in [2.05, 4.69) is 10.3 Å². The van der Waals surface area contributed by atoms with Crippen LogP contribution in [0.25, 0.3) is 10.9 Å². The number of rotatable bonds is 10. The molecule has 9 heteroatoms. The Morgan fingerprint density at radius 1 is 0.941 bits per heavy atom. The minimum absolute atomic E-state index is 0.0803. The van der Waals surface area contributed by atoms with Crippen molar-refractivity contribution in [3.63, 3.8) is 0 Å². The molecule has 0 aliphatic carbocycles. The number of methoxy groups -OCH3 is 2. The van der Waals surface area contributed by atoms with Crippen LogP contribution >= 0.6 is 11.8 Å². The molecule has 8 nitrogen and oxygen atoms in total. The van der Waals surface area contributed by atoms with Crippen molar-refractivity contribution in [2.75, 3.05) is 26.1 Å². The summed E-state index contributed by atoms with van der Waals surface area (Å²) in [7, 11) is 3.25. The molecule has 0 aliphatic rings. The van der Waals surface area contributed by atoms with Gasteiger partial charge in [0.05, 0.1) is 24.7 Å². The van der Waals surface area contributed by atoms with Crippen molar-refractivity contribution >= 4 is 34.2 Å². The van der Waals surface area contributed by atoms with Gasteiger partial charge in [-0.2, -0.15) is 0 Å². The van der Waals surface area contributed by atoms with Crippen LogP contribution in [0.2, 0.25) is 0 Å². The van der Waals surface area contributed by atoms with Crippen LogP contribution < -0.4 is 14.8 Å². The maximum absolute atomic E-state index is 10.9. The summed E-state index contributed by atoms with van der Waals surface area (Å²) in [5.41, 5.74) is 3.03. The molecule has 1 N–H and O–H groups in total. The van der Waals surface area contributed by atoms with Gasteiger partial charge in [-0.05, 0) is 41.8 Å². The standard InChI is InChI=1S/C25H24N4O4S/c1-32-22-12-9-17(15-23(22)33-2)13-14-26-24-20-5-3-4-6-21(20)27-25(28-24)34-16-18-7-10-19(11-8-18)29(30)31/h3-12,15H,13-14,16H2,1-2H3,(H,26,27,28). The number of non-ortho nitro benzene ring substituents is 1. The first kappa shape index (κ1) is 23.3. The van der Waals surface area contributed by atoms with Gasteiger partial charge in [0.25, 0.3) is 5.69 Å². The highest BCUT2D eigenvalue weighted by Gasteiger charge is 2.10. The Morgan fingerprint density at radius 3 is 2.41 bits per heavy atom. The first-order chi connectivity index (χ1) is 16.6. The Balaban J connectivity index is 1.47. The van der Waals surface area contributed by atoms with Crippen molar-refractivity contribution in [1.29, 1.82) is 0 Å². The molecule has 174 valence electrons. The summed E-state index contributed by atoms with van der Waals surface area (Å²) >= 11 is 1.49. The number of hydrogen-bond acceptors (Lipinski definition) is 8. The molecule has 0 atom stereocenters. The fraction of sp³-hybridized carbons (Fsp3) is 0.200. The SMILES string of the molecule is COc1ccc(CCNc2nc(SCc3ccc([N+](=O)[O-])cc3)nc3ccccc23)cc1OC. The van der Waals surface area contributed by atoms with Gasteiger partial charge in [-0.15, -0.1) is 0 Å². The summed E-state index contributed by atoms with van der Waals surface area (Å²) in [6, 6.07) is 20.3. The van der Waals surface area contributed by atoms with Gasteiger partial charge in [0.2, 0.25) is 0 Å². The molecule has 34 heavy (non-hydrogen) atoms. The lowest BCUT2D eigenvalue weighted by atomic mass is 10.1. The van der Waals surface area contributed by atoms with Gasteiger partial charge in [0, 0.05) is 29.8 Å². The summed E-state index contributed by atoms with van der Waals surface area (Å²) in [6.45, 7) is 0.683. The van der Waals surface area contributed by atoms with Gasteiger partial charge >= 0.3 is 0 Å². The summed E-state index contributed by atoms with van der Waals surface area (Å²) in [4.78, 5) is 19.9. The van der Waals surface area contributed by atoms with E-state index in [-0.39, 0.29) is 5.69 Å². The fourth-order valence-electron chi connectivity index (χ4n) is 3.48. The van der Waals surface area contributed by atoms with Crippen molar-refractivity contribution in [2.24, 2.45) is 0 Å². The lowest BCUT2D eigenvalue weighted by Gasteiger charge is -2.12. The van der Waals surface area contributed by atoms with Crippen LogP contribution in [0.4, 0.5) is 11.5 Å². The Morgan fingerprint density at radius 2 is 1.68 bits per heavy atom. The highest BCUT2D eigenvalue weighted by atomic mass is 32.2. The minimum Gasteiger partial charge on any atom is -0.493 e. The Kier molecular flexibility index (Phi) is 7.44. The van der Waals surface area contributed by atoms with E-state index in [4.69, 9.17) is 14.5 Å². The molecule has 1 aromatic heterocycles. The number of benzene rings is 3. The lowest BCUT2D eigenvalue weighted by molar-refractivity contribution is -0.384. The third-order valence-corrected chi connectivity index (χ3v) is 6.17. The van der Waals surface area contributed by atoms with Crippen LogP contribution in [0, 0.1) is 10.1 Å². The molecular formula is C25H24N4O4S. The van der Waals surface area contributed by atoms with Crippen LogP contribution in [0.1, 0.15) is 11.1 Å². The zero-order valence-electron chi connectivity index (χ0n) is 18.9. The molecule has 0 saturated heterocycles. The smallest absolute Gasteiger partial charge is 0.269 e. The molecule has 0 fully saturated rings. The number of anilines is 1. The third-order valence-electron chi connectivity index (χ3n) is 5.25. The van der Waals surface area contributed by atoms with E-state index in [9.17, 15) is 10.1 Å². The number of thioether (sulfide) groups is 1. The number of nitro groups is 1. The first-order valence-electron chi connectivity index (χ1n) is 10.6. The normalized spacial score (nSPS) is 10.8. The molecule has 0 saturated carbocycles. The Hall–Kier alpha value is -3.85. The number of nitrogens with zero attached hydrogens (tertiary/aromatic N) is 3. The Labute approximate surface area is 201 Å². The van der Waals surface area contributed by atoms with Crippen molar-refractivity contribution in [1.82, 2.24) is 9.97 Å². The van der Waals surface area contributed by atoms with Crippen LogP contribution in [-0.4, -0.2) is 35.7 Å². The van der Waals surface area contributed by atoms with Gasteiger partial charge in [-0.25, -0.2) is 9.97 Å². The number of nitro benzene ring substituents is 1. The predicted molar refractivity (Wildman–Crippen MR) is 134 cm³/mol. The minimum atomic E-state index is -0.399. The molecule has 4 rings (SSSR count). The first-order valence-corrected chi connectivity index (χ1v) is 11.6. The number of para-hydroxylation sites is 1. The monoisotopic (exact) mass is 476 g/mol. The molecule has 3 aromatic carbocycles. The van der Waals surface area contributed by atoms with E-state index in [1.807, 2.05) is 42.5 Å². The van der Waals surface area contributed by atoms with Gasteiger partial charge in [-0.1, -0.05) is 42.1 Å². The van der Waals surface area contributed by atoms with Crippen molar-refractivity contribution < 1.29 is 14.4 Å². The maximum Gasteiger partial charge on any atom is 0.269 e. The highest BCUT2D eigenvalue weighted by molar-refractivity contribution is 7.98. The molecule has 4 aromatic rings. The van der Waals surface area contributed by atoms with Gasteiger partial charge in [0.1, 0.15) is 5.82 Å². The summed E-state index contributed by atoms with van der Waals surface area (Å²) in [5, 5.41) is 15.9. The molecule has 1 heterocycles. The molecular weight excluding hydrogens is 452 g/mol. The zero-order valence-corrected chi connectivity index (χ0v) is 19.7. The number of fused-ring (bicyclic) bond motifs is 1. The van der Waals surface area contributed by atoms with Crippen LogP contribution in [0.3, 0.4) is 0 Å². The van der Waals surface area contributed by atoms with E-state index >= 15 is 0 Å². The summed E-state index contributed by atoms with van der Waals surface area (Å²) in [5.74, 6) is 2.80. The van der Waals surface area contributed by atoms with Crippen molar-refractivity contribution in [3.05, 3.63) is 88.0 Å². The highest BCUT2D eigenvalue weighted by Crippen LogP contribution is 2.29. The van der Waals surface area contributed by atoms with Gasteiger partial charge in [-0.3, -0.25) is 10.1 Å². The lowest BCUT2D eigenvalue weighted by Crippen LogP contribution is -2.08. The zero-order chi connectivity index (χ0) is 23.9. The quantitative estimate of drug-likeness (QED) is 0.139. The van der Waals surface area contributed by atoms with E-state index in [0.717, 1.165) is 34.3 Å². The average molecular weight is 477 g/mol. The van der Waals surface area contributed by atoms with Crippen molar-refractivity contribution in [3.8, 4) is 11.5 Å². The third kappa shape index (κ3) is 5.55. The molecule has 0 unspecified atom stereocenters. The average Bonchev–Trinajstić information content (AvgIpc) is 2.87. The topological polar surface area (TPSA) is 99.4 Å². The summed E-state index contributed by atoms with van der Waals surface area (Å²) < 4.78 is 10.7. The van der Waals surface area contributed by atoms with Crippen LogP contribution in [0.5, 0.6) is 11.5 Å². The van der Waals surface area contributed by atoms with Crippen LogP contribution in [0.15, 0.2) is 71.9 Å². The van der Waals surface area contributed by atoms with E-state index in [1.54, 1.807) is 26.4 Å². The van der Waals surface area contributed by atoms with Gasteiger partial charge < -0.3 is 14.8 Å². The molecule has 0 spiro atoms. The largest absolute Gasteiger partial charge is 0.493 e. The molecule has 0 amide bonds. The molecule has 0 bridgehead atoms. The second kappa shape index (κ2) is 10.8. The number of ether oxygens (including phenoxy) is 2. The van der Waals surface area contributed by atoms with Crippen LogP contribution in [-0.2, 0) is 12.2 Å². The maximum atomic E-state index is 10.9. The molecule has 0 radical (unpaired) electrons. The van der Waals surface area contributed by atoms with E-state index in [0.29, 0.717) is 29.0 Å². The van der Waals surface area contributed by atoms with Gasteiger partial charge in [0.15, 0.2) is 16.7 Å². The fourth-order valence-corrected chi connectivity index (χ4v) is 4.28. The van der Waals surface area contributed by atoms with E-state index < -0.39 is 4.92 Å². The number of hydrogen-bond donors (Lipinski definition) is 1. The Bertz CT molecular complexity index is 1300. The second-order valence-electron chi connectivity index (χ2n) is 7.45. The number of aromatic nitrogens is 2. The molecule has 0 aliphatic heterocycles. The number of nitrogens with one attached hydrogen (secondary N) is 1.